The molecule has 1 aromatic carbocycles. The highest BCUT2D eigenvalue weighted by Crippen LogP contribution is 2.28. The van der Waals surface area contributed by atoms with Gasteiger partial charge in [-0.15, -0.1) is 11.6 Å². The van der Waals surface area contributed by atoms with Crippen LogP contribution in [0.5, 0.6) is 0 Å². The van der Waals surface area contributed by atoms with Crippen LogP contribution in [0.25, 0.3) is 0 Å². The van der Waals surface area contributed by atoms with Gasteiger partial charge in [0.1, 0.15) is 6.10 Å². The molecular weight excluding hydrogens is 246 g/mol. The average Bonchev–Trinajstić information content (AvgIpc) is 2.28. The van der Waals surface area contributed by atoms with Crippen molar-refractivity contribution < 1.29 is 20.1 Å². The molecule has 0 aromatic heterocycles. The number of halogens is 1. The van der Waals surface area contributed by atoms with E-state index in [9.17, 15) is 15.0 Å². The highest BCUT2D eigenvalue weighted by atomic mass is 35.5. The van der Waals surface area contributed by atoms with Crippen LogP contribution in [0.2, 0.25) is 0 Å². The third-order valence-corrected chi connectivity index (χ3v) is 2.65. The Labute approximate surface area is 103 Å². The number of nitrogens with two attached hydrogens (primary N) is 1. The molecule has 0 saturated carbocycles. The zero-order valence-electron chi connectivity index (χ0n) is 9.01. The van der Waals surface area contributed by atoms with Crippen molar-refractivity contribution in [3.05, 3.63) is 29.3 Å². The van der Waals surface area contributed by atoms with Gasteiger partial charge in [0.25, 0.3) is 0 Å². The van der Waals surface area contributed by atoms with Gasteiger partial charge in [0, 0.05) is 17.1 Å². The number of carboxylic acid groups (broad SMARTS) is 1. The molecule has 0 fully saturated rings. The van der Waals surface area contributed by atoms with Gasteiger partial charge in [-0.3, -0.25) is 0 Å². The van der Waals surface area contributed by atoms with E-state index in [2.05, 4.69) is 0 Å². The minimum Gasteiger partial charge on any atom is -0.478 e. The van der Waals surface area contributed by atoms with E-state index < -0.39 is 18.2 Å². The molecule has 6 heteroatoms. The van der Waals surface area contributed by atoms with Crippen LogP contribution in [0.3, 0.4) is 0 Å². The quantitative estimate of drug-likeness (QED) is 0.466. The first-order valence-corrected chi connectivity index (χ1v) is 5.56. The number of nitrogen functional groups attached to an aromatic ring is 1. The fraction of sp³-hybridized carbons (Fsp3) is 0.364. The van der Waals surface area contributed by atoms with Crippen LogP contribution in [0.1, 0.15) is 28.4 Å². The van der Waals surface area contributed by atoms with Gasteiger partial charge in [0.15, 0.2) is 0 Å². The molecular formula is C11H14ClNO4. The van der Waals surface area contributed by atoms with Crippen LogP contribution in [-0.2, 0) is 0 Å². The maximum Gasteiger partial charge on any atom is 0.336 e. The second-order valence-electron chi connectivity index (χ2n) is 3.60. The minimum absolute atomic E-state index is 0.0256. The summed E-state index contributed by atoms with van der Waals surface area (Å²) in [5.41, 5.74) is 5.66. The van der Waals surface area contributed by atoms with Gasteiger partial charge >= 0.3 is 5.97 Å². The molecule has 0 aliphatic rings. The number of carboxylic acids is 1. The van der Waals surface area contributed by atoms with Gasteiger partial charge in [-0.05, 0) is 18.6 Å². The summed E-state index contributed by atoms with van der Waals surface area (Å²) in [6, 6.07) is 4.27. The van der Waals surface area contributed by atoms with Crippen LogP contribution in [0, 0.1) is 0 Å². The molecule has 5 N–H and O–H groups in total. The van der Waals surface area contributed by atoms with Gasteiger partial charge in [0.2, 0.25) is 0 Å². The highest BCUT2D eigenvalue weighted by molar-refractivity contribution is 6.17. The lowest BCUT2D eigenvalue weighted by molar-refractivity contribution is 0.0164. The van der Waals surface area contributed by atoms with Crippen molar-refractivity contribution in [1.82, 2.24) is 0 Å². The number of aliphatic hydroxyl groups is 2. The zero-order valence-corrected chi connectivity index (χ0v) is 9.76. The summed E-state index contributed by atoms with van der Waals surface area (Å²) in [5, 5.41) is 28.5. The Morgan fingerprint density at radius 2 is 2.06 bits per heavy atom. The third kappa shape index (κ3) is 3.09. The smallest absolute Gasteiger partial charge is 0.336 e. The van der Waals surface area contributed by atoms with E-state index in [0.29, 0.717) is 0 Å². The molecule has 0 heterocycles. The van der Waals surface area contributed by atoms with Gasteiger partial charge in [0.05, 0.1) is 11.7 Å². The van der Waals surface area contributed by atoms with Gasteiger partial charge < -0.3 is 21.1 Å². The second-order valence-corrected chi connectivity index (χ2v) is 3.98. The van der Waals surface area contributed by atoms with E-state index in [1.54, 1.807) is 0 Å². The summed E-state index contributed by atoms with van der Waals surface area (Å²) in [6.07, 6.45) is -2.35. The Balaban J connectivity index is 3.15. The number of hydrogen-bond donors (Lipinski definition) is 4. The van der Waals surface area contributed by atoms with Crippen LogP contribution < -0.4 is 5.73 Å². The molecule has 17 heavy (non-hydrogen) atoms. The maximum atomic E-state index is 11.0. The zero-order chi connectivity index (χ0) is 13.0. The fourth-order valence-corrected chi connectivity index (χ4v) is 1.79. The molecule has 94 valence electrons. The van der Waals surface area contributed by atoms with E-state index in [1.807, 2.05) is 0 Å². The Kier molecular flexibility index (Phi) is 4.74. The SMILES string of the molecule is Nc1cccc(C(=O)O)c1C(O)C(O)CCCl. The van der Waals surface area contributed by atoms with Gasteiger partial charge in [-0.1, -0.05) is 6.07 Å². The largest absolute Gasteiger partial charge is 0.478 e. The molecule has 1 aromatic rings. The van der Waals surface area contributed by atoms with Crippen molar-refractivity contribution in [2.24, 2.45) is 0 Å². The number of anilines is 1. The number of aromatic carboxylic acids is 1. The molecule has 0 bridgehead atoms. The molecule has 2 atom stereocenters. The predicted octanol–water partition coefficient (Wildman–Crippen LogP) is 0.990. The topological polar surface area (TPSA) is 104 Å². The summed E-state index contributed by atoms with van der Waals surface area (Å²) in [6.45, 7) is 0. The lowest BCUT2D eigenvalue weighted by atomic mass is 9.95. The average molecular weight is 260 g/mol. The monoisotopic (exact) mass is 259 g/mol. The van der Waals surface area contributed by atoms with Crippen molar-refractivity contribution in [2.45, 2.75) is 18.6 Å². The summed E-state index contributed by atoms with van der Waals surface area (Å²) in [4.78, 5) is 11.0. The Morgan fingerprint density at radius 1 is 1.41 bits per heavy atom. The number of benzene rings is 1. The van der Waals surface area contributed by atoms with E-state index in [0.717, 1.165) is 0 Å². The number of aliphatic hydroxyl groups excluding tert-OH is 2. The van der Waals surface area contributed by atoms with E-state index >= 15 is 0 Å². The normalized spacial score (nSPS) is 14.3. The van der Waals surface area contributed by atoms with Gasteiger partial charge in [-0.2, -0.15) is 0 Å². The first kappa shape index (κ1) is 13.8. The van der Waals surface area contributed by atoms with Crippen molar-refractivity contribution in [1.29, 1.82) is 0 Å². The molecule has 2 unspecified atom stereocenters. The van der Waals surface area contributed by atoms with Crippen molar-refractivity contribution in [3.63, 3.8) is 0 Å². The van der Waals surface area contributed by atoms with Crippen molar-refractivity contribution in [2.75, 3.05) is 11.6 Å². The number of alkyl halides is 1. The van der Waals surface area contributed by atoms with Gasteiger partial charge in [-0.25, -0.2) is 4.79 Å². The number of carbonyl (C=O) groups is 1. The lowest BCUT2D eigenvalue weighted by Crippen LogP contribution is -2.22. The molecule has 0 saturated heterocycles. The van der Waals surface area contributed by atoms with Crippen LogP contribution in [0.15, 0.2) is 18.2 Å². The van der Waals surface area contributed by atoms with Crippen molar-refractivity contribution >= 4 is 23.3 Å². The van der Waals surface area contributed by atoms with Crippen LogP contribution in [0.4, 0.5) is 5.69 Å². The predicted molar refractivity (Wildman–Crippen MR) is 64.1 cm³/mol. The molecule has 5 nitrogen and oxygen atoms in total. The van der Waals surface area contributed by atoms with E-state index in [4.69, 9.17) is 22.4 Å². The highest BCUT2D eigenvalue weighted by Gasteiger charge is 2.25. The summed E-state index contributed by atoms with van der Waals surface area (Å²) >= 11 is 5.45. The first-order chi connectivity index (χ1) is 7.99. The standard InChI is InChI=1S/C11H14ClNO4/c12-5-4-8(14)10(15)9-6(11(16)17)2-1-3-7(9)13/h1-3,8,10,14-15H,4-5,13H2,(H,16,17). The fourth-order valence-electron chi connectivity index (χ4n) is 1.56. The molecule has 0 radical (unpaired) electrons. The Bertz CT molecular complexity index is 410. The summed E-state index contributed by atoms with van der Waals surface area (Å²) < 4.78 is 0. The molecule has 0 spiro atoms. The summed E-state index contributed by atoms with van der Waals surface area (Å²) in [5.74, 6) is -1.04. The van der Waals surface area contributed by atoms with Crippen LogP contribution >= 0.6 is 11.6 Å². The van der Waals surface area contributed by atoms with E-state index in [1.165, 1.54) is 18.2 Å². The van der Waals surface area contributed by atoms with E-state index in [-0.39, 0.29) is 29.1 Å². The van der Waals surface area contributed by atoms with Crippen molar-refractivity contribution in [3.8, 4) is 0 Å². The Hall–Kier alpha value is -1.30. The second kappa shape index (κ2) is 5.86. The molecule has 1 rings (SSSR count). The molecule has 0 aliphatic heterocycles. The summed E-state index contributed by atoms with van der Waals surface area (Å²) in [7, 11) is 0. The maximum absolute atomic E-state index is 11.0. The Morgan fingerprint density at radius 3 is 2.59 bits per heavy atom. The number of hydrogen-bond acceptors (Lipinski definition) is 4. The molecule has 0 amide bonds. The lowest BCUT2D eigenvalue weighted by Gasteiger charge is -2.20. The molecule has 0 aliphatic carbocycles. The minimum atomic E-state index is -1.36. The third-order valence-electron chi connectivity index (χ3n) is 2.44. The first-order valence-electron chi connectivity index (χ1n) is 5.02. The van der Waals surface area contributed by atoms with Crippen LogP contribution in [-0.4, -0.2) is 33.3 Å². The number of rotatable bonds is 5.